The minimum Gasteiger partial charge on any atom is -0.493 e. The van der Waals surface area contributed by atoms with Crippen LogP contribution in [0.3, 0.4) is 0 Å². The number of rotatable bonds is 4. The van der Waals surface area contributed by atoms with Gasteiger partial charge in [0.15, 0.2) is 0 Å². The predicted molar refractivity (Wildman–Crippen MR) is 98.7 cm³/mol. The Morgan fingerprint density at radius 2 is 2.04 bits per heavy atom. The fourth-order valence-corrected chi connectivity index (χ4v) is 3.46. The summed E-state index contributed by atoms with van der Waals surface area (Å²) in [7, 11) is 0. The Bertz CT molecular complexity index is 774. The fraction of sp³-hybridized carbons (Fsp3) is 0.400. The molecule has 2 aromatic rings. The van der Waals surface area contributed by atoms with Crippen LogP contribution in [0, 0.1) is 5.92 Å². The molecule has 1 aromatic carbocycles. The molecule has 3 heterocycles. The molecule has 0 bridgehead atoms. The van der Waals surface area contributed by atoms with Gasteiger partial charge in [0.05, 0.1) is 25.4 Å². The van der Waals surface area contributed by atoms with Gasteiger partial charge in [0.25, 0.3) is 5.91 Å². The molecule has 1 atom stereocenters. The van der Waals surface area contributed by atoms with Crippen LogP contribution in [-0.2, 0) is 11.2 Å². The van der Waals surface area contributed by atoms with E-state index in [1.807, 2.05) is 24.3 Å². The molecule has 6 heteroatoms. The first-order valence-corrected chi connectivity index (χ1v) is 9.08. The number of morpholine rings is 1. The van der Waals surface area contributed by atoms with Gasteiger partial charge >= 0.3 is 0 Å². The Morgan fingerprint density at radius 3 is 2.92 bits per heavy atom. The number of amides is 1. The standard InChI is InChI=1S/C20H23N3O3/c24-20(17-5-3-7-21-19(17)23-8-10-25-11-9-23)22-13-15-12-16-4-1-2-6-18(16)26-14-15/h1-7,15H,8-14H2,(H,22,24). The lowest BCUT2D eigenvalue weighted by Crippen LogP contribution is -2.39. The molecule has 1 unspecified atom stereocenters. The van der Waals surface area contributed by atoms with Crippen LogP contribution in [0.15, 0.2) is 42.6 Å². The zero-order chi connectivity index (χ0) is 17.8. The van der Waals surface area contributed by atoms with Gasteiger partial charge < -0.3 is 19.7 Å². The highest BCUT2D eigenvalue weighted by atomic mass is 16.5. The van der Waals surface area contributed by atoms with Gasteiger partial charge in [-0.15, -0.1) is 0 Å². The van der Waals surface area contributed by atoms with Gasteiger partial charge in [-0.1, -0.05) is 18.2 Å². The Morgan fingerprint density at radius 1 is 1.19 bits per heavy atom. The van der Waals surface area contributed by atoms with E-state index in [4.69, 9.17) is 9.47 Å². The molecule has 1 fully saturated rings. The number of carbonyl (C=O) groups is 1. The van der Waals surface area contributed by atoms with E-state index < -0.39 is 0 Å². The van der Waals surface area contributed by atoms with Crippen LogP contribution in [0.5, 0.6) is 5.75 Å². The van der Waals surface area contributed by atoms with Crippen molar-refractivity contribution >= 4 is 11.7 Å². The molecule has 0 saturated carbocycles. The molecule has 6 nitrogen and oxygen atoms in total. The first kappa shape index (κ1) is 16.8. The molecule has 1 N–H and O–H groups in total. The largest absolute Gasteiger partial charge is 0.493 e. The number of aromatic nitrogens is 1. The molecule has 2 aliphatic heterocycles. The van der Waals surface area contributed by atoms with Crippen molar-refractivity contribution in [3.63, 3.8) is 0 Å². The van der Waals surface area contributed by atoms with Gasteiger partial charge in [-0.2, -0.15) is 0 Å². The number of anilines is 1. The minimum atomic E-state index is -0.0848. The van der Waals surface area contributed by atoms with Crippen molar-refractivity contribution in [2.75, 3.05) is 44.4 Å². The quantitative estimate of drug-likeness (QED) is 0.910. The van der Waals surface area contributed by atoms with Gasteiger partial charge in [0, 0.05) is 31.7 Å². The van der Waals surface area contributed by atoms with Gasteiger partial charge in [-0.05, 0) is 30.2 Å². The molecule has 1 amide bonds. The zero-order valence-corrected chi connectivity index (χ0v) is 14.7. The van der Waals surface area contributed by atoms with Crippen LogP contribution < -0.4 is 15.0 Å². The molecule has 1 saturated heterocycles. The van der Waals surface area contributed by atoms with Crippen molar-refractivity contribution < 1.29 is 14.3 Å². The number of fused-ring (bicyclic) bond motifs is 1. The normalized spacial score (nSPS) is 19.4. The average molecular weight is 353 g/mol. The zero-order valence-electron chi connectivity index (χ0n) is 14.7. The number of pyridine rings is 1. The van der Waals surface area contributed by atoms with Gasteiger partial charge in [0.2, 0.25) is 0 Å². The van der Waals surface area contributed by atoms with Crippen LogP contribution >= 0.6 is 0 Å². The van der Waals surface area contributed by atoms with E-state index in [0.717, 1.165) is 31.1 Å². The molecule has 2 aliphatic rings. The summed E-state index contributed by atoms with van der Waals surface area (Å²) in [5.41, 5.74) is 1.82. The molecule has 1 aromatic heterocycles. The van der Waals surface area contributed by atoms with Crippen molar-refractivity contribution in [3.05, 3.63) is 53.7 Å². The molecular formula is C20H23N3O3. The molecule has 0 radical (unpaired) electrons. The Balaban J connectivity index is 1.40. The Hall–Kier alpha value is -2.60. The van der Waals surface area contributed by atoms with E-state index >= 15 is 0 Å². The molecule has 136 valence electrons. The van der Waals surface area contributed by atoms with Crippen LogP contribution in [0.1, 0.15) is 15.9 Å². The Kier molecular flexibility index (Phi) is 5.02. The smallest absolute Gasteiger partial charge is 0.255 e. The summed E-state index contributed by atoms with van der Waals surface area (Å²) < 4.78 is 11.2. The number of para-hydroxylation sites is 1. The SMILES string of the molecule is O=C(NCC1COc2ccccc2C1)c1cccnc1N1CCOCC1. The highest BCUT2D eigenvalue weighted by Crippen LogP contribution is 2.26. The summed E-state index contributed by atoms with van der Waals surface area (Å²) in [4.78, 5) is 19.3. The lowest BCUT2D eigenvalue weighted by molar-refractivity contribution is 0.0937. The summed E-state index contributed by atoms with van der Waals surface area (Å²) >= 11 is 0. The number of ether oxygens (including phenoxy) is 2. The average Bonchev–Trinajstić information content (AvgIpc) is 2.72. The topological polar surface area (TPSA) is 63.7 Å². The van der Waals surface area contributed by atoms with Crippen LogP contribution in [0.25, 0.3) is 0 Å². The molecule has 26 heavy (non-hydrogen) atoms. The number of hydrogen-bond acceptors (Lipinski definition) is 5. The molecular weight excluding hydrogens is 330 g/mol. The molecule has 4 rings (SSSR count). The second kappa shape index (κ2) is 7.74. The second-order valence-corrected chi connectivity index (χ2v) is 6.67. The lowest BCUT2D eigenvalue weighted by atomic mass is 9.96. The van der Waals surface area contributed by atoms with Gasteiger partial charge in [-0.3, -0.25) is 4.79 Å². The predicted octanol–water partition coefficient (Wildman–Crippen LogP) is 1.90. The summed E-state index contributed by atoms with van der Waals surface area (Å²) in [6, 6.07) is 11.7. The van der Waals surface area contributed by atoms with Crippen LogP contribution in [0.4, 0.5) is 5.82 Å². The first-order valence-electron chi connectivity index (χ1n) is 9.08. The third kappa shape index (κ3) is 3.65. The van der Waals surface area contributed by atoms with E-state index in [1.165, 1.54) is 5.56 Å². The van der Waals surface area contributed by atoms with Gasteiger partial charge in [-0.25, -0.2) is 4.98 Å². The molecule has 0 aliphatic carbocycles. The second-order valence-electron chi connectivity index (χ2n) is 6.67. The minimum absolute atomic E-state index is 0.0848. The summed E-state index contributed by atoms with van der Waals surface area (Å²) in [6.45, 7) is 4.05. The van der Waals surface area contributed by atoms with Crippen molar-refractivity contribution in [3.8, 4) is 5.75 Å². The van der Waals surface area contributed by atoms with Crippen molar-refractivity contribution in [1.29, 1.82) is 0 Å². The number of benzene rings is 1. The van der Waals surface area contributed by atoms with Crippen LogP contribution in [0.2, 0.25) is 0 Å². The highest BCUT2D eigenvalue weighted by Gasteiger charge is 2.23. The van der Waals surface area contributed by atoms with E-state index in [-0.39, 0.29) is 11.8 Å². The maximum atomic E-state index is 12.7. The van der Waals surface area contributed by atoms with E-state index in [0.29, 0.717) is 31.9 Å². The maximum Gasteiger partial charge on any atom is 0.255 e. The highest BCUT2D eigenvalue weighted by molar-refractivity contribution is 5.98. The number of hydrogen-bond donors (Lipinski definition) is 1. The summed E-state index contributed by atoms with van der Waals surface area (Å²) in [5, 5.41) is 3.06. The number of nitrogens with one attached hydrogen (secondary N) is 1. The summed E-state index contributed by atoms with van der Waals surface area (Å²) in [6.07, 6.45) is 2.65. The van der Waals surface area contributed by atoms with Crippen molar-refractivity contribution in [1.82, 2.24) is 10.3 Å². The van der Waals surface area contributed by atoms with E-state index in [9.17, 15) is 4.79 Å². The number of nitrogens with zero attached hydrogens (tertiary/aromatic N) is 2. The summed E-state index contributed by atoms with van der Waals surface area (Å²) in [5.74, 6) is 1.88. The van der Waals surface area contributed by atoms with Crippen molar-refractivity contribution in [2.45, 2.75) is 6.42 Å². The van der Waals surface area contributed by atoms with Crippen molar-refractivity contribution in [2.24, 2.45) is 5.92 Å². The first-order chi connectivity index (χ1) is 12.8. The van der Waals surface area contributed by atoms with E-state index in [1.54, 1.807) is 12.3 Å². The fourth-order valence-electron chi connectivity index (χ4n) is 3.46. The third-order valence-electron chi connectivity index (χ3n) is 4.85. The maximum absolute atomic E-state index is 12.7. The van der Waals surface area contributed by atoms with Gasteiger partial charge in [0.1, 0.15) is 11.6 Å². The Labute approximate surface area is 153 Å². The molecule has 0 spiro atoms. The monoisotopic (exact) mass is 353 g/mol. The van der Waals surface area contributed by atoms with Crippen LogP contribution in [-0.4, -0.2) is 50.3 Å². The van der Waals surface area contributed by atoms with E-state index in [2.05, 4.69) is 21.3 Å². The lowest BCUT2D eigenvalue weighted by Gasteiger charge is -2.29. The number of carbonyl (C=O) groups excluding carboxylic acids is 1. The third-order valence-corrected chi connectivity index (χ3v) is 4.85.